The summed E-state index contributed by atoms with van der Waals surface area (Å²) in [6.07, 6.45) is 5.67. The number of hydrogen-bond acceptors (Lipinski definition) is 2. The first-order valence-corrected chi connectivity index (χ1v) is 5.90. The van der Waals surface area contributed by atoms with E-state index in [-0.39, 0.29) is 6.10 Å². The largest absolute Gasteiger partial charge is 0.387 e. The minimum atomic E-state index is -0.538. The van der Waals surface area contributed by atoms with Gasteiger partial charge in [0.25, 0.3) is 0 Å². The van der Waals surface area contributed by atoms with Gasteiger partial charge >= 0.3 is 0 Å². The molecule has 0 saturated heterocycles. The number of rotatable bonds is 4. The molecule has 0 bridgehead atoms. The van der Waals surface area contributed by atoms with Gasteiger partial charge in [-0.3, -0.25) is 0 Å². The van der Waals surface area contributed by atoms with Crippen molar-refractivity contribution in [3.8, 4) is 0 Å². The summed E-state index contributed by atoms with van der Waals surface area (Å²) in [7, 11) is 0. The van der Waals surface area contributed by atoms with E-state index >= 15 is 0 Å². The molecule has 84 valence electrons. The molecule has 0 amide bonds. The molecule has 0 aliphatic heterocycles. The molecular weight excluding hydrogens is 176 g/mol. The van der Waals surface area contributed by atoms with Crippen LogP contribution in [0.2, 0.25) is 0 Å². The van der Waals surface area contributed by atoms with E-state index < -0.39 is 5.60 Å². The first-order valence-electron chi connectivity index (χ1n) is 5.90. The van der Waals surface area contributed by atoms with Gasteiger partial charge in [-0.1, -0.05) is 26.2 Å². The quantitative estimate of drug-likeness (QED) is 0.756. The van der Waals surface area contributed by atoms with Gasteiger partial charge in [0.05, 0.1) is 18.3 Å². The molecule has 1 saturated carbocycles. The summed E-state index contributed by atoms with van der Waals surface area (Å²) in [5, 5.41) is 10.3. The van der Waals surface area contributed by atoms with Crippen LogP contribution in [0, 0.1) is 5.92 Å². The van der Waals surface area contributed by atoms with Gasteiger partial charge in [-0.15, -0.1) is 0 Å². The third-order valence-corrected chi connectivity index (χ3v) is 3.19. The second kappa shape index (κ2) is 5.13. The molecule has 2 nitrogen and oxygen atoms in total. The van der Waals surface area contributed by atoms with Crippen LogP contribution in [0.1, 0.15) is 52.9 Å². The summed E-state index contributed by atoms with van der Waals surface area (Å²) in [5.41, 5.74) is -0.538. The van der Waals surface area contributed by atoms with E-state index in [1.54, 1.807) is 0 Å². The molecule has 1 N–H and O–H groups in total. The minimum Gasteiger partial charge on any atom is -0.387 e. The van der Waals surface area contributed by atoms with Crippen molar-refractivity contribution in [3.05, 3.63) is 0 Å². The van der Waals surface area contributed by atoms with Crippen molar-refractivity contribution in [2.45, 2.75) is 64.6 Å². The highest BCUT2D eigenvalue weighted by atomic mass is 16.5. The van der Waals surface area contributed by atoms with Crippen molar-refractivity contribution in [2.75, 3.05) is 6.61 Å². The predicted molar refractivity (Wildman–Crippen MR) is 58.3 cm³/mol. The second-order valence-corrected chi connectivity index (χ2v) is 4.95. The van der Waals surface area contributed by atoms with E-state index in [9.17, 15) is 5.11 Å². The van der Waals surface area contributed by atoms with Gasteiger partial charge in [0, 0.05) is 0 Å². The normalized spacial score (nSPS) is 33.6. The van der Waals surface area contributed by atoms with Crippen LogP contribution in [0.5, 0.6) is 0 Å². The lowest BCUT2D eigenvalue weighted by Crippen LogP contribution is -2.40. The van der Waals surface area contributed by atoms with E-state index in [0.717, 1.165) is 19.3 Å². The molecule has 1 aliphatic carbocycles. The van der Waals surface area contributed by atoms with Crippen LogP contribution in [0.25, 0.3) is 0 Å². The van der Waals surface area contributed by atoms with E-state index in [0.29, 0.717) is 12.5 Å². The smallest absolute Gasteiger partial charge is 0.0882 e. The molecule has 14 heavy (non-hydrogen) atoms. The molecule has 0 spiro atoms. The van der Waals surface area contributed by atoms with Gasteiger partial charge in [-0.05, 0) is 32.6 Å². The number of hydrogen-bond donors (Lipinski definition) is 1. The molecule has 1 aliphatic rings. The van der Waals surface area contributed by atoms with Crippen molar-refractivity contribution >= 4 is 0 Å². The van der Waals surface area contributed by atoms with Gasteiger partial charge < -0.3 is 9.84 Å². The van der Waals surface area contributed by atoms with Crippen molar-refractivity contribution in [1.82, 2.24) is 0 Å². The Morgan fingerprint density at radius 2 is 2.21 bits per heavy atom. The lowest BCUT2D eigenvalue weighted by Gasteiger charge is -2.36. The molecule has 2 unspecified atom stereocenters. The van der Waals surface area contributed by atoms with E-state index in [2.05, 4.69) is 6.92 Å². The van der Waals surface area contributed by atoms with Crippen molar-refractivity contribution in [3.63, 3.8) is 0 Å². The van der Waals surface area contributed by atoms with Crippen LogP contribution in [0.3, 0.4) is 0 Å². The fourth-order valence-electron chi connectivity index (χ4n) is 2.26. The van der Waals surface area contributed by atoms with Crippen LogP contribution in [0.15, 0.2) is 0 Å². The van der Waals surface area contributed by atoms with Gasteiger partial charge in [0.1, 0.15) is 0 Å². The van der Waals surface area contributed by atoms with Crippen molar-refractivity contribution in [1.29, 1.82) is 0 Å². The fraction of sp³-hybridized carbons (Fsp3) is 1.00. The number of ether oxygens (including phenoxy) is 1. The highest BCUT2D eigenvalue weighted by molar-refractivity contribution is 4.86. The maximum Gasteiger partial charge on any atom is 0.0882 e. The first-order chi connectivity index (χ1) is 6.56. The molecule has 0 aromatic rings. The topological polar surface area (TPSA) is 29.5 Å². The molecule has 2 atom stereocenters. The standard InChI is InChI=1S/C12H24O2/c1-4-11-6-5-7-12(13,8-11)9-14-10(2)3/h10-11,13H,4-9H2,1-3H3. The highest BCUT2D eigenvalue weighted by Gasteiger charge is 2.33. The maximum atomic E-state index is 10.3. The SMILES string of the molecule is CCC1CCCC(O)(COC(C)C)C1. The summed E-state index contributed by atoms with van der Waals surface area (Å²) >= 11 is 0. The Bertz CT molecular complexity index is 168. The van der Waals surface area contributed by atoms with E-state index in [4.69, 9.17) is 4.74 Å². The Labute approximate surface area is 87.7 Å². The zero-order valence-corrected chi connectivity index (χ0v) is 9.75. The minimum absolute atomic E-state index is 0.223. The average molecular weight is 200 g/mol. The molecular formula is C12H24O2. The lowest BCUT2D eigenvalue weighted by atomic mass is 9.77. The lowest BCUT2D eigenvalue weighted by molar-refractivity contribution is -0.0943. The van der Waals surface area contributed by atoms with Crippen molar-refractivity contribution < 1.29 is 9.84 Å². The molecule has 0 aromatic heterocycles. The second-order valence-electron chi connectivity index (χ2n) is 4.95. The molecule has 0 aromatic carbocycles. The highest BCUT2D eigenvalue weighted by Crippen LogP contribution is 2.34. The summed E-state index contributed by atoms with van der Waals surface area (Å²) < 4.78 is 5.53. The van der Waals surface area contributed by atoms with E-state index in [1.807, 2.05) is 13.8 Å². The fourth-order valence-corrected chi connectivity index (χ4v) is 2.26. The molecule has 1 rings (SSSR count). The van der Waals surface area contributed by atoms with Crippen LogP contribution >= 0.6 is 0 Å². The maximum absolute atomic E-state index is 10.3. The molecule has 0 heterocycles. The summed E-state index contributed by atoms with van der Waals surface area (Å²) in [4.78, 5) is 0. The summed E-state index contributed by atoms with van der Waals surface area (Å²) in [6.45, 7) is 6.76. The average Bonchev–Trinajstić information content (AvgIpc) is 2.15. The molecule has 0 radical (unpaired) electrons. The van der Waals surface area contributed by atoms with Crippen LogP contribution < -0.4 is 0 Å². The predicted octanol–water partition coefficient (Wildman–Crippen LogP) is 2.74. The van der Waals surface area contributed by atoms with Crippen LogP contribution in [-0.4, -0.2) is 23.4 Å². The van der Waals surface area contributed by atoms with Gasteiger partial charge in [0.2, 0.25) is 0 Å². The van der Waals surface area contributed by atoms with Gasteiger partial charge in [-0.25, -0.2) is 0 Å². The zero-order valence-electron chi connectivity index (χ0n) is 9.75. The zero-order chi connectivity index (χ0) is 10.6. The Morgan fingerprint density at radius 1 is 1.50 bits per heavy atom. The third kappa shape index (κ3) is 3.58. The Kier molecular flexibility index (Phi) is 4.39. The van der Waals surface area contributed by atoms with Crippen LogP contribution in [0.4, 0.5) is 0 Å². The molecule has 1 fully saturated rings. The van der Waals surface area contributed by atoms with Crippen LogP contribution in [-0.2, 0) is 4.74 Å². The monoisotopic (exact) mass is 200 g/mol. The van der Waals surface area contributed by atoms with Gasteiger partial charge in [-0.2, -0.15) is 0 Å². The Hall–Kier alpha value is -0.0800. The first kappa shape index (κ1) is 12.0. The number of aliphatic hydroxyl groups is 1. The summed E-state index contributed by atoms with van der Waals surface area (Å²) in [5.74, 6) is 0.699. The molecule has 2 heteroatoms. The Morgan fingerprint density at radius 3 is 2.79 bits per heavy atom. The third-order valence-electron chi connectivity index (χ3n) is 3.19. The van der Waals surface area contributed by atoms with E-state index in [1.165, 1.54) is 12.8 Å². The van der Waals surface area contributed by atoms with Crippen molar-refractivity contribution in [2.24, 2.45) is 5.92 Å². The summed E-state index contributed by atoms with van der Waals surface area (Å²) in [6, 6.07) is 0. The Balaban J connectivity index is 2.38. The van der Waals surface area contributed by atoms with Gasteiger partial charge in [0.15, 0.2) is 0 Å².